The molecule has 0 aliphatic carbocycles. The number of nitrogens with one attached hydrogen (secondary N) is 2. The third-order valence-corrected chi connectivity index (χ3v) is 4.18. The van der Waals surface area contributed by atoms with Gasteiger partial charge < -0.3 is 10.6 Å². The van der Waals surface area contributed by atoms with Crippen molar-refractivity contribution >= 4 is 17.5 Å². The van der Waals surface area contributed by atoms with Crippen molar-refractivity contribution in [1.29, 1.82) is 5.26 Å². The molecule has 0 spiro atoms. The van der Waals surface area contributed by atoms with Crippen LogP contribution in [0, 0.1) is 16.7 Å². The average Bonchev–Trinajstić information content (AvgIpc) is 2.66. The molecule has 0 atom stereocenters. The minimum atomic E-state index is -1.19. The quantitative estimate of drug-likeness (QED) is 0.594. The molecule has 0 saturated carbocycles. The van der Waals surface area contributed by atoms with Gasteiger partial charge in [-0.3, -0.25) is 9.59 Å². The minimum Gasteiger partial charge on any atom is -0.355 e. The van der Waals surface area contributed by atoms with Gasteiger partial charge in [0, 0.05) is 12.2 Å². The molecule has 0 saturated heterocycles. The Labute approximate surface area is 154 Å². The third-order valence-electron chi connectivity index (χ3n) is 4.18. The second-order valence-electron chi connectivity index (χ2n) is 6.61. The maximum absolute atomic E-state index is 12.4. The minimum absolute atomic E-state index is 0.309. The summed E-state index contributed by atoms with van der Waals surface area (Å²) in [5, 5.41) is 14.4. The Morgan fingerprint density at radius 1 is 1.00 bits per heavy atom. The number of carbonyl (C=O) groups is 2. The van der Waals surface area contributed by atoms with Gasteiger partial charge in [-0.1, -0.05) is 30.3 Å². The molecule has 0 bridgehead atoms. The van der Waals surface area contributed by atoms with E-state index in [9.17, 15) is 9.59 Å². The van der Waals surface area contributed by atoms with Crippen LogP contribution in [0.1, 0.15) is 31.4 Å². The molecular formula is C21H23N3O2. The van der Waals surface area contributed by atoms with Crippen LogP contribution >= 0.6 is 0 Å². The van der Waals surface area contributed by atoms with Crippen LogP contribution in [0.15, 0.2) is 54.6 Å². The Bertz CT molecular complexity index is 790. The summed E-state index contributed by atoms with van der Waals surface area (Å²) >= 11 is 0. The van der Waals surface area contributed by atoms with Gasteiger partial charge in [0.25, 0.3) is 0 Å². The van der Waals surface area contributed by atoms with E-state index >= 15 is 0 Å². The lowest BCUT2D eigenvalue weighted by Gasteiger charge is -2.22. The van der Waals surface area contributed by atoms with Crippen molar-refractivity contribution < 1.29 is 9.59 Å². The monoisotopic (exact) mass is 349 g/mol. The highest BCUT2D eigenvalue weighted by Crippen LogP contribution is 2.19. The molecule has 134 valence electrons. The number of benzene rings is 2. The van der Waals surface area contributed by atoms with E-state index in [-0.39, 0.29) is 11.8 Å². The summed E-state index contributed by atoms with van der Waals surface area (Å²) in [6.45, 7) is 3.71. The summed E-state index contributed by atoms with van der Waals surface area (Å²) in [7, 11) is 0. The fraction of sp³-hybridized carbons (Fsp3) is 0.286. The maximum Gasteiger partial charge on any atom is 0.239 e. The summed E-state index contributed by atoms with van der Waals surface area (Å²) in [5.41, 5.74) is 1.10. The van der Waals surface area contributed by atoms with Crippen LogP contribution in [0.5, 0.6) is 0 Å². The van der Waals surface area contributed by atoms with E-state index < -0.39 is 5.41 Å². The first-order valence-corrected chi connectivity index (χ1v) is 8.57. The van der Waals surface area contributed by atoms with Crippen molar-refractivity contribution in [1.82, 2.24) is 5.32 Å². The molecule has 2 amide bonds. The number of carbonyl (C=O) groups excluding carboxylic acids is 2. The van der Waals surface area contributed by atoms with Crippen LogP contribution in [-0.2, 0) is 16.0 Å². The second kappa shape index (κ2) is 8.82. The first-order chi connectivity index (χ1) is 12.4. The highest BCUT2D eigenvalue weighted by atomic mass is 16.2. The first-order valence-electron chi connectivity index (χ1n) is 8.57. The molecule has 0 aromatic heterocycles. The van der Waals surface area contributed by atoms with Crippen LogP contribution in [0.25, 0.3) is 0 Å². The van der Waals surface area contributed by atoms with Crippen molar-refractivity contribution in [3.63, 3.8) is 0 Å². The zero-order valence-electron chi connectivity index (χ0n) is 15.1. The molecule has 0 radical (unpaired) electrons. The number of nitrogens with zero attached hydrogens (tertiary/aromatic N) is 1. The van der Waals surface area contributed by atoms with Crippen LogP contribution in [-0.4, -0.2) is 18.4 Å². The van der Waals surface area contributed by atoms with Crippen LogP contribution in [0.4, 0.5) is 5.69 Å². The Hall–Kier alpha value is -3.13. The molecule has 0 aliphatic heterocycles. The van der Waals surface area contributed by atoms with E-state index in [2.05, 4.69) is 22.8 Å². The predicted molar refractivity (Wildman–Crippen MR) is 101 cm³/mol. The van der Waals surface area contributed by atoms with Crippen LogP contribution in [0.3, 0.4) is 0 Å². The van der Waals surface area contributed by atoms with Gasteiger partial charge in [0.1, 0.15) is 5.41 Å². The van der Waals surface area contributed by atoms with E-state index in [1.165, 1.54) is 5.56 Å². The molecular weight excluding hydrogens is 326 g/mol. The van der Waals surface area contributed by atoms with Gasteiger partial charge >= 0.3 is 0 Å². The van der Waals surface area contributed by atoms with Crippen molar-refractivity contribution in [2.45, 2.75) is 26.7 Å². The Morgan fingerprint density at radius 2 is 1.65 bits per heavy atom. The van der Waals surface area contributed by atoms with E-state index in [4.69, 9.17) is 5.26 Å². The maximum atomic E-state index is 12.4. The van der Waals surface area contributed by atoms with Crippen molar-refractivity contribution in [3.05, 3.63) is 65.7 Å². The van der Waals surface area contributed by atoms with Crippen LogP contribution in [0.2, 0.25) is 0 Å². The lowest BCUT2D eigenvalue weighted by atomic mass is 9.90. The summed E-state index contributed by atoms with van der Waals surface area (Å²) in [4.78, 5) is 24.8. The SMILES string of the molecule is CC(C)(C(=O)NCCCc1ccccc1)C(=O)Nc1ccc(C#N)cc1. The molecule has 0 heterocycles. The van der Waals surface area contributed by atoms with Crippen molar-refractivity contribution in [3.8, 4) is 6.07 Å². The van der Waals surface area contributed by atoms with Crippen molar-refractivity contribution in [2.24, 2.45) is 5.41 Å². The van der Waals surface area contributed by atoms with Gasteiger partial charge in [-0.2, -0.15) is 5.26 Å². The molecule has 5 nitrogen and oxygen atoms in total. The number of rotatable bonds is 7. The van der Waals surface area contributed by atoms with Gasteiger partial charge in [-0.25, -0.2) is 0 Å². The fourth-order valence-corrected chi connectivity index (χ4v) is 2.38. The number of aryl methyl sites for hydroxylation is 1. The Kier molecular flexibility index (Phi) is 6.51. The molecule has 2 aromatic rings. The number of hydrogen-bond acceptors (Lipinski definition) is 3. The highest BCUT2D eigenvalue weighted by molar-refractivity contribution is 6.09. The van der Waals surface area contributed by atoms with E-state index in [0.717, 1.165) is 12.8 Å². The molecule has 2 N–H and O–H groups in total. The summed E-state index contributed by atoms with van der Waals surface area (Å²) in [6.07, 6.45) is 1.68. The molecule has 5 heteroatoms. The number of hydrogen-bond donors (Lipinski definition) is 2. The molecule has 0 aliphatic rings. The first kappa shape index (κ1) is 19.2. The molecule has 0 unspecified atom stereocenters. The van der Waals surface area contributed by atoms with Gasteiger partial charge in [0.2, 0.25) is 11.8 Å². The predicted octanol–water partition coefficient (Wildman–Crippen LogP) is 3.27. The van der Waals surface area contributed by atoms with Gasteiger partial charge in [-0.05, 0) is 56.5 Å². The topological polar surface area (TPSA) is 82.0 Å². The Morgan fingerprint density at radius 3 is 2.27 bits per heavy atom. The normalized spacial score (nSPS) is 10.7. The second-order valence-corrected chi connectivity index (χ2v) is 6.61. The highest BCUT2D eigenvalue weighted by Gasteiger charge is 2.35. The largest absolute Gasteiger partial charge is 0.355 e. The standard InChI is InChI=1S/C21H23N3O2/c1-21(2,20(26)24-18-12-10-17(15-22)11-13-18)19(25)23-14-6-9-16-7-4-3-5-8-16/h3-5,7-8,10-13H,6,9,14H2,1-2H3,(H,23,25)(H,24,26). The van der Waals surface area contributed by atoms with E-state index in [0.29, 0.717) is 17.8 Å². The zero-order valence-corrected chi connectivity index (χ0v) is 15.1. The number of amides is 2. The van der Waals surface area contributed by atoms with Crippen LogP contribution < -0.4 is 10.6 Å². The molecule has 2 aromatic carbocycles. The molecule has 2 rings (SSSR count). The van der Waals surface area contributed by atoms with E-state index in [1.807, 2.05) is 24.3 Å². The average molecular weight is 349 g/mol. The van der Waals surface area contributed by atoms with Gasteiger partial charge in [0.05, 0.1) is 11.6 Å². The zero-order chi connectivity index (χ0) is 19.0. The number of anilines is 1. The molecule has 26 heavy (non-hydrogen) atoms. The van der Waals surface area contributed by atoms with Gasteiger partial charge in [0.15, 0.2) is 0 Å². The summed E-state index contributed by atoms with van der Waals surface area (Å²) in [6, 6.07) is 18.6. The molecule has 0 fully saturated rings. The smallest absolute Gasteiger partial charge is 0.239 e. The lowest BCUT2D eigenvalue weighted by molar-refractivity contribution is -0.138. The van der Waals surface area contributed by atoms with Gasteiger partial charge in [-0.15, -0.1) is 0 Å². The van der Waals surface area contributed by atoms with Crippen molar-refractivity contribution in [2.75, 3.05) is 11.9 Å². The summed E-state index contributed by atoms with van der Waals surface area (Å²) in [5.74, 6) is -0.695. The fourth-order valence-electron chi connectivity index (χ4n) is 2.38. The number of nitriles is 1. The summed E-state index contributed by atoms with van der Waals surface area (Å²) < 4.78 is 0. The lowest BCUT2D eigenvalue weighted by Crippen LogP contribution is -2.45. The Balaban J connectivity index is 1.83. The van der Waals surface area contributed by atoms with E-state index in [1.54, 1.807) is 38.1 Å². The third kappa shape index (κ3) is 5.18.